The van der Waals surface area contributed by atoms with E-state index in [-0.39, 0.29) is 24.4 Å². The van der Waals surface area contributed by atoms with Gasteiger partial charge in [0.1, 0.15) is 0 Å². The number of nitrogens with zero attached hydrogens (tertiary/aromatic N) is 1. The smallest absolute Gasteiger partial charge is 0.237 e. The predicted molar refractivity (Wildman–Crippen MR) is 92.1 cm³/mol. The Morgan fingerprint density at radius 1 is 1.41 bits per heavy atom. The highest BCUT2D eigenvalue weighted by molar-refractivity contribution is 6.42. The number of methoxy groups -OCH3 is 1. The second-order valence-electron chi connectivity index (χ2n) is 5.09. The molecule has 1 saturated heterocycles. The van der Waals surface area contributed by atoms with Gasteiger partial charge in [-0.05, 0) is 30.5 Å². The molecule has 1 aromatic rings. The van der Waals surface area contributed by atoms with Gasteiger partial charge in [-0.2, -0.15) is 0 Å². The number of carbonyl (C=O) groups excluding carboxylic acids is 1. The van der Waals surface area contributed by atoms with E-state index >= 15 is 0 Å². The van der Waals surface area contributed by atoms with Crippen LogP contribution in [0.25, 0.3) is 0 Å². The number of likely N-dealkylation sites (tertiary alicyclic amines) is 1. The fourth-order valence-electron chi connectivity index (χ4n) is 2.60. The molecule has 1 aliphatic rings. The van der Waals surface area contributed by atoms with E-state index in [1.807, 2.05) is 17.0 Å². The first kappa shape index (κ1) is 19.5. The van der Waals surface area contributed by atoms with Crippen LogP contribution in [-0.4, -0.2) is 44.2 Å². The molecule has 1 unspecified atom stereocenters. The van der Waals surface area contributed by atoms with Crippen molar-refractivity contribution < 1.29 is 9.53 Å². The first-order chi connectivity index (χ1) is 10.1. The van der Waals surface area contributed by atoms with Gasteiger partial charge in [0.15, 0.2) is 0 Å². The van der Waals surface area contributed by atoms with E-state index < -0.39 is 0 Å². The van der Waals surface area contributed by atoms with E-state index in [0.717, 1.165) is 24.9 Å². The van der Waals surface area contributed by atoms with Crippen molar-refractivity contribution in [1.82, 2.24) is 10.2 Å². The molecule has 1 fully saturated rings. The summed E-state index contributed by atoms with van der Waals surface area (Å²) < 4.78 is 4.95. The monoisotopic (exact) mass is 366 g/mol. The Morgan fingerprint density at radius 2 is 2.18 bits per heavy atom. The van der Waals surface area contributed by atoms with Crippen LogP contribution in [0.15, 0.2) is 18.2 Å². The fraction of sp³-hybridized carbons (Fsp3) is 0.533. The van der Waals surface area contributed by atoms with Crippen molar-refractivity contribution in [2.24, 2.45) is 0 Å². The minimum atomic E-state index is 0. The molecule has 0 bridgehead atoms. The van der Waals surface area contributed by atoms with Crippen molar-refractivity contribution >= 4 is 41.5 Å². The van der Waals surface area contributed by atoms with E-state index in [1.54, 1.807) is 13.2 Å². The van der Waals surface area contributed by atoms with Gasteiger partial charge in [-0.25, -0.2) is 0 Å². The van der Waals surface area contributed by atoms with Crippen molar-refractivity contribution in [3.8, 4) is 0 Å². The summed E-state index contributed by atoms with van der Waals surface area (Å²) in [7, 11) is 1.64. The number of hydrogen-bond donors (Lipinski definition) is 1. The lowest BCUT2D eigenvalue weighted by molar-refractivity contribution is -0.131. The molecule has 0 saturated carbocycles. The first-order valence-electron chi connectivity index (χ1n) is 7.07. The number of nitrogens with one attached hydrogen (secondary N) is 1. The van der Waals surface area contributed by atoms with Gasteiger partial charge in [0.2, 0.25) is 5.91 Å². The van der Waals surface area contributed by atoms with Crippen molar-refractivity contribution in [1.29, 1.82) is 0 Å². The molecule has 0 aromatic heterocycles. The molecule has 7 heteroatoms. The summed E-state index contributed by atoms with van der Waals surface area (Å²) in [5.74, 6) is 0.111. The average Bonchev–Trinajstić information content (AvgIpc) is 2.96. The van der Waals surface area contributed by atoms with E-state index in [0.29, 0.717) is 29.7 Å². The minimum Gasteiger partial charge on any atom is -0.383 e. The van der Waals surface area contributed by atoms with Crippen molar-refractivity contribution in [2.45, 2.75) is 18.9 Å². The molecule has 1 aliphatic heterocycles. The van der Waals surface area contributed by atoms with Gasteiger partial charge in [-0.15, -0.1) is 12.4 Å². The summed E-state index contributed by atoms with van der Waals surface area (Å²) in [4.78, 5) is 14.2. The van der Waals surface area contributed by atoms with Crippen LogP contribution in [0.3, 0.4) is 0 Å². The third-order valence-corrected chi connectivity index (χ3v) is 4.40. The van der Waals surface area contributed by atoms with Crippen molar-refractivity contribution in [3.63, 3.8) is 0 Å². The predicted octanol–water partition coefficient (Wildman–Crippen LogP) is 3.31. The van der Waals surface area contributed by atoms with Gasteiger partial charge >= 0.3 is 0 Å². The zero-order valence-corrected chi connectivity index (χ0v) is 14.8. The van der Waals surface area contributed by atoms with Gasteiger partial charge in [0, 0.05) is 20.2 Å². The summed E-state index contributed by atoms with van der Waals surface area (Å²) in [5, 5.41) is 4.17. The maximum absolute atomic E-state index is 12.3. The summed E-state index contributed by atoms with van der Waals surface area (Å²) >= 11 is 12.0. The Bertz CT molecular complexity index is 500. The van der Waals surface area contributed by atoms with Gasteiger partial charge in [-0.1, -0.05) is 29.3 Å². The largest absolute Gasteiger partial charge is 0.383 e. The highest BCUT2D eigenvalue weighted by atomic mass is 35.5. The van der Waals surface area contributed by atoms with Gasteiger partial charge < -0.3 is 15.0 Å². The Kier molecular flexibility index (Phi) is 8.50. The number of benzene rings is 1. The molecule has 0 aliphatic carbocycles. The van der Waals surface area contributed by atoms with Gasteiger partial charge in [0.25, 0.3) is 0 Å². The lowest BCUT2D eigenvalue weighted by Crippen LogP contribution is -2.38. The van der Waals surface area contributed by atoms with Crippen LogP contribution in [0.4, 0.5) is 0 Å². The fourth-order valence-corrected chi connectivity index (χ4v) is 2.91. The Labute approximate surface area is 147 Å². The summed E-state index contributed by atoms with van der Waals surface area (Å²) in [6.07, 6.45) is 1.97. The lowest BCUT2D eigenvalue weighted by atomic mass is 10.0. The Morgan fingerprint density at radius 3 is 2.86 bits per heavy atom. The standard InChI is InChI=1S/C15H20Cl2N2O2.ClH/c1-21-8-6-18-10-15(20)19-7-2-3-14(19)11-4-5-12(16)13(17)9-11;/h4-5,9,14,18H,2-3,6-8,10H2,1H3;1H. The molecule has 1 aromatic carbocycles. The molecular weight excluding hydrogens is 347 g/mol. The molecule has 2 rings (SSSR count). The average molecular weight is 368 g/mol. The van der Waals surface area contributed by atoms with Crippen molar-refractivity contribution in [3.05, 3.63) is 33.8 Å². The SMILES string of the molecule is COCCNCC(=O)N1CCCC1c1ccc(Cl)c(Cl)c1.Cl. The second-order valence-corrected chi connectivity index (χ2v) is 5.90. The normalized spacial score (nSPS) is 17.4. The molecule has 1 atom stereocenters. The summed E-state index contributed by atoms with van der Waals surface area (Å²) in [6.45, 7) is 2.40. The molecule has 22 heavy (non-hydrogen) atoms. The second kappa shape index (κ2) is 9.58. The molecule has 124 valence electrons. The number of halogens is 3. The van der Waals surface area contributed by atoms with Gasteiger partial charge in [0.05, 0.1) is 29.2 Å². The molecule has 1 heterocycles. The van der Waals surface area contributed by atoms with Crippen LogP contribution in [0, 0.1) is 0 Å². The Hall–Kier alpha value is -0.520. The van der Waals surface area contributed by atoms with Crippen LogP contribution in [0.2, 0.25) is 10.0 Å². The third-order valence-electron chi connectivity index (χ3n) is 3.66. The molecule has 4 nitrogen and oxygen atoms in total. The van der Waals surface area contributed by atoms with E-state index in [9.17, 15) is 4.79 Å². The van der Waals surface area contributed by atoms with Gasteiger partial charge in [-0.3, -0.25) is 4.79 Å². The van der Waals surface area contributed by atoms with Crippen LogP contribution in [-0.2, 0) is 9.53 Å². The highest BCUT2D eigenvalue weighted by Gasteiger charge is 2.29. The molecule has 0 radical (unpaired) electrons. The quantitative estimate of drug-likeness (QED) is 0.784. The zero-order chi connectivity index (χ0) is 15.2. The summed E-state index contributed by atoms with van der Waals surface area (Å²) in [6, 6.07) is 5.69. The molecule has 1 amide bonds. The number of amides is 1. The number of rotatable bonds is 6. The first-order valence-corrected chi connectivity index (χ1v) is 7.83. The van der Waals surface area contributed by atoms with Crippen molar-refractivity contribution in [2.75, 3.05) is 33.4 Å². The number of ether oxygens (including phenoxy) is 1. The van der Waals surface area contributed by atoms with Crippen LogP contribution < -0.4 is 5.32 Å². The Balaban J connectivity index is 0.00000242. The minimum absolute atomic E-state index is 0. The topological polar surface area (TPSA) is 41.6 Å². The zero-order valence-electron chi connectivity index (χ0n) is 12.5. The summed E-state index contributed by atoms with van der Waals surface area (Å²) in [5.41, 5.74) is 1.05. The van der Waals surface area contributed by atoms with E-state index in [4.69, 9.17) is 27.9 Å². The lowest BCUT2D eigenvalue weighted by Gasteiger charge is -2.25. The third kappa shape index (κ3) is 5.00. The molecular formula is C15H21Cl3N2O2. The highest BCUT2D eigenvalue weighted by Crippen LogP contribution is 2.34. The van der Waals surface area contributed by atoms with Crippen LogP contribution in [0.1, 0.15) is 24.4 Å². The maximum atomic E-state index is 12.3. The van der Waals surface area contributed by atoms with Crippen LogP contribution in [0.5, 0.6) is 0 Å². The molecule has 0 spiro atoms. The number of carbonyl (C=O) groups is 1. The molecule has 1 N–H and O–H groups in total. The van der Waals surface area contributed by atoms with E-state index in [2.05, 4.69) is 5.32 Å². The van der Waals surface area contributed by atoms with Crippen LogP contribution >= 0.6 is 35.6 Å². The maximum Gasteiger partial charge on any atom is 0.237 e. The van der Waals surface area contributed by atoms with E-state index in [1.165, 1.54) is 0 Å². The number of hydrogen-bond acceptors (Lipinski definition) is 3.